The van der Waals surface area contributed by atoms with Crippen LogP contribution in [-0.2, 0) is 0 Å². The Morgan fingerprint density at radius 2 is 2.18 bits per heavy atom. The molecule has 0 spiro atoms. The molecule has 1 atom stereocenters. The van der Waals surface area contributed by atoms with Gasteiger partial charge in [0.25, 0.3) is 0 Å². The van der Waals surface area contributed by atoms with Gasteiger partial charge in [0.1, 0.15) is 0 Å². The van der Waals surface area contributed by atoms with Gasteiger partial charge < -0.3 is 10.8 Å². The molecule has 3 N–H and O–H groups in total. The number of rotatable bonds is 8. The van der Waals surface area contributed by atoms with E-state index in [0.29, 0.717) is 13.1 Å². The van der Waals surface area contributed by atoms with Crippen molar-refractivity contribution >= 4 is 11.3 Å². The molecule has 0 saturated heterocycles. The van der Waals surface area contributed by atoms with Crippen LogP contribution < -0.4 is 5.73 Å². The van der Waals surface area contributed by atoms with Crippen LogP contribution in [0.5, 0.6) is 0 Å². The lowest BCUT2D eigenvalue weighted by atomic mass is 10.2. The van der Waals surface area contributed by atoms with Gasteiger partial charge in [-0.3, -0.25) is 4.90 Å². The number of hydrogen-bond acceptors (Lipinski definition) is 4. The third-order valence-electron chi connectivity index (χ3n) is 2.94. The summed E-state index contributed by atoms with van der Waals surface area (Å²) in [4.78, 5) is 4.93. The molecule has 0 amide bonds. The van der Waals surface area contributed by atoms with Crippen molar-refractivity contribution < 1.29 is 5.11 Å². The molecule has 0 aliphatic carbocycles. The second-order valence-electron chi connectivity index (χ2n) is 4.31. The predicted molar refractivity (Wildman–Crippen MR) is 74.4 cm³/mol. The van der Waals surface area contributed by atoms with Crippen molar-refractivity contribution in [3.63, 3.8) is 0 Å². The van der Waals surface area contributed by atoms with Crippen LogP contribution in [0.25, 0.3) is 0 Å². The number of aliphatic hydroxyl groups excluding tert-OH is 1. The molecular weight excluding hydrogens is 232 g/mol. The van der Waals surface area contributed by atoms with Gasteiger partial charge in [0, 0.05) is 22.8 Å². The first kappa shape index (κ1) is 14.6. The Morgan fingerprint density at radius 1 is 1.41 bits per heavy atom. The molecule has 0 radical (unpaired) electrons. The second kappa shape index (κ2) is 7.82. The van der Waals surface area contributed by atoms with Crippen molar-refractivity contribution in [2.45, 2.75) is 32.7 Å². The summed E-state index contributed by atoms with van der Waals surface area (Å²) in [5.41, 5.74) is 5.90. The predicted octanol–water partition coefficient (Wildman–Crippen LogP) is 2.15. The third-order valence-corrected chi connectivity index (χ3v) is 4.04. The summed E-state index contributed by atoms with van der Waals surface area (Å²) in [7, 11) is 0. The minimum Gasteiger partial charge on any atom is -0.395 e. The molecule has 1 heterocycles. The molecular formula is C13H24N2OS. The van der Waals surface area contributed by atoms with Crippen LogP contribution in [0.15, 0.2) is 12.1 Å². The first-order chi connectivity index (χ1) is 8.22. The zero-order valence-corrected chi connectivity index (χ0v) is 11.7. The molecule has 0 fully saturated rings. The monoisotopic (exact) mass is 256 g/mol. The Bertz CT molecular complexity index is 314. The SMILES string of the molecule is CCCCN(CCO)C(CN)c1ccc(C)s1. The summed E-state index contributed by atoms with van der Waals surface area (Å²) in [5, 5.41) is 9.15. The van der Waals surface area contributed by atoms with Gasteiger partial charge in [-0.05, 0) is 32.0 Å². The normalized spacial score (nSPS) is 13.2. The van der Waals surface area contributed by atoms with Crippen LogP contribution >= 0.6 is 11.3 Å². The van der Waals surface area contributed by atoms with E-state index in [1.807, 2.05) is 0 Å². The van der Waals surface area contributed by atoms with Crippen LogP contribution in [0.4, 0.5) is 0 Å². The fourth-order valence-electron chi connectivity index (χ4n) is 1.99. The van der Waals surface area contributed by atoms with Crippen LogP contribution in [0, 0.1) is 6.92 Å². The highest BCUT2D eigenvalue weighted by Gasteiger charge is 2.19. The van der Waals surface area contributed by atoms with Crippen LogP contribution in [0.3, 0.4) is 0 Å². The van der Waals surface area contributed by atoms with E-state index in [9.17, 15) is 0 Å². The van der Waals surface area contributed by atoms with E-state index in [4.69, 9.17) is 10.8 Å². The van der Waals surface area contributed by atoms with Crippen molar-refractivity contribution in [2.24, 2.45) is 5.73 Å². The first-order valence-corrected chi connectivity index (χ1v) is 7.15. The minimum absolute atomic E-state index is 0.199. The van der Waals surface area contributed by atoms with Gasteiger partial charge in [0.15, 0.2) is 0 Å². The van der Waals surface area contributed by atoms with Gasteiger partial charge in [-0.25, -0.2) is 0 Å². The van der Waals surface area contributed by atoms with Gasteiger partial charge in [0.05, 0.1) is 12.6 Å². The Hall–Kier alpha value is -0.420. The summed E-state index contributed by atoms with van der Waals surface area (Å²) in [6.45, 7) is 6.83. The van der Waals surface area contributed by atoms with Crippen LogP contribution in [-0.4, -0.2) is 36.2 Å². The lowest BCUT2D eigenvalue weighted by molar-refractivity contribution is 0.153. The van der Waals surface area contributed by atoms with Gasteiger partial charge in [-0.1, -0.05) is 13.3 Å². The molecule has 1 unspecified atom stereocenters. The molecule has 1 aromatic rings. The van der Waals surface area contributed by atoms with Gasteiger partial charge in [-0.15, -0.1) is 11.3 Å². The molecule has 0 aromatic carbocycles. The van der Waals surface area contributed by atoms with E-state index in [0.717, 1.165) is 13.0 Å². The summed E-state index contributed by atoms with van der Waals surface area (Å²) >= 11 is 1.80. The number of nitrogens with two attached hydrogens (primary N) is 1. The minimum atomic E-state index is 0.199. The summed E-state index contributed by atoms with van der Waals surface area (Å²) in [6, 6.07) is 4.56. The molecule has 17 heavy (non-hydrogen) atoms. The van der Waals surface area contributed by atoms with E-state index in [1.165, 1.54) is 16.2 Å². The van der Waals surface area contributed by atoms with Gasteiger partial charge in [-0.2, -0.15) is 0 Å². The van der Waals surface area contributed by atoms with E-state index >= 15 is 0 Å². The van der Waals surface area contributed by atoms with Crippen molar-refractivity contribution in [3.05, 3.63) is 21.9 Å². The number of aliphatic hydroxyl groups is 1. The van der Waals surface area contributed by atoms with Gasteiger partial charge in [0.2, 0.25) is 0 Å². The zero-order chi connectivity index (χ0) is 12.7. The maximum Gasteiger partial charge on any atom is 0.0565 e. The Balaban J connectivity index is 2.73. The van der Waals surface area contributed by atoms with Crippen LogP contribution in [0.2, 0.25) is 0 Å². The average molecular weight is 256 g/mol. The lowest BCUT2D eigenvalue weighted by Crippen LogP contribution is -2.36. The molecule has 0 aliphatic heterocycles. The number of thiophene rings is 1. The third kappa shape index (κ3) is 4.39. The van der Waals surface area contributed by atoms with Gasteiger partial charge >= 0.3 is 0 Å². The molecule has 98 valence electrons. The van der Waals surface area contributed by atoms with E-state index < -0.39 is 0 Å². The topological polar surface area (TPSA) is 49.5 Å². The number of hydrogen-bond donors (Lipinski definition) is 2. The lowest BCUT2D eigenvalue weighted by Gasteiger charge is -2.29. The molecule has 0 saturated carbocycles. The average Bonchev–Trinajstić information content (AvgIpc) is 2.73. The van der Waals surface area contributed by atoms with E-state index in [2.05, 4.69) is 30.9 Å². The molecule has 0 aliphatic rings. The highest BCUT2D eigenvalue weighted by Crippen LogP contribution is 2.27. The van der Waals surface area contributed by atoms with E-state index in [-0.39, 0.29) is 12.6 Å². The molecule has 4 heteroatoms. The standard InChI is InChI=1S/C13H24N2OS/c1-3-4-7-15(8-9-16)12(10-14)13-6-5-11(2)17-13/h5-6,12,16H,3-4,7-10,14H2,1-2H3. The number of unbranched alkanes of at least 4 members (excludes halogenated alkanes) is 1. The number of aryl methyl sites for hydroxylation is 1. The smallest absolute Gasteiger partial charge is 0.0565 e. The van der Waals surface area contributed by atoms with Crippen molar-refractivity contribution in [1.29, 1.82) is 0 Å². The Labute approximate surface area is 108 Å². The summed E-state index contributed by atoms with van der Waals surface area (Å²) in [5.74, 6) is 0. The zero-order valence-electron chi connectivity index (χ0n) is 10.9. The highest BCUT2D eigenvalue weighted by molar-refractivity contribution is 7.12. The summed E-state index contributed by atoms with van der Waals surface area (Å²) < 4.78 is 0. The summed E-state index contributed by atoms with van der Waals surface area (Å²) in [6.07, 6.45) is 2.32. The van der Waals surface area contributed by atoms with Crippen molar-refractivity contribution in [3.8, 4) is 0 Å². The van der Waals surface area contributed by atoms with Crippen molar-refractivity contribution in [2.75, 3.05) is 26.2 Å². The molecule has 3 nitrogen and oxygen atoms in total. The quantitative estimate of drug-likeness (QED) is 0.749. The number of nitrogens with zero attached hydrogens (tertiary/aromatic N) is 1. The first-order valence-electron chi connectivity index (χ1n) is 6.34. The van der Waals surface area contributed by atoms with E-state index in [1.54, 1.807) is 11.3 Å². The van der Waals surface area contributed by atoms with Crippen LogP contribution in [0.1, 0.15) is 35.6 Å². The Morgan fingerprint density at radius 3 is 2.65 bits per heavy atom. The highest BCUT2D eigenvalue weighted by atomic mass is 32.1. The fourth-order valence-corrected chi connectivity index (χ4v) is 3.02. The fraction of sp³-hybridized carbons (Fsp3) is 0.692. The molecule has 1 rings (SSSR count). The Kier molecular flexibility index (Phi) is 6.73. The van der Waals surface area contributed by atoms with Crippen molar-refractivity contribution in [1.82, 2.24) is 4.90 Å². The maximum absolute atomic E-state index is 9.15. The second-order valence-corrected chi connectivity index (χ2v) is 5.63. The maximum atomic E-state index is 9.15. The largest absolute Gasteiger partial charge is 0.395 e. The molecule has 1 aromatic heterocycles. The molecule has 0 bridgehead atoms.